The standard InChI is InChI=1S/C11H7BrO3/c12-7-3-1-2-6(4-7)11-5-8(11)9(13)15-10(11)14/h1-4,8H,5H2. The van der Waals surface area contributed by atoms with Crippen molar-refractivity contribution in [3.05, 3.63) is 34.3 Å². The summed E-state index contributed by atoms with van der Waals surface area (Å²) in [5.41, 5.74) is 0.207. The Morgan fingerprint density at radius 3 is 2.73 bits per heavy atom. The first-order chi connectivity index (χ1) is 7.14. The molecule has 2 unspecified atom stereocenters. The van der Waals surface area contributed by atoms with Crippen LogP contribution >= 0.6 is 15.9 Å². The van der Waals surface area contributed by atoms with Crippen molar-refractivity contribution < 1.29 is 14.3 Å². The normalized spacial score (nSPS) is 32.5. The molecule has 2 atom stereocenters. The van der Waals surface area contributed by atoms with Gasteiger partial charge in [0.05, 0.1) is 5.92 Å². The Hall–Kier alpha value is -1.16. The zero-order chi connectivity index (χ0) is 10.6. The lowest BCUT2D eigenvalue weighted by Gasteiger charge is -2.08. The molecule has 0 bridgehead atoms. The molecule has 0 radical (unpaired) electrons. The van der Waals surface area contributed by atoms with Crippen molar-refractivity contribution >= 4 is 27.9 Å². The van der Waals surface area contributed by atoms with E-state index in [4.69, 9.17) is 0 Å². The van der Waals surface area contributed by atoms with E-state index in [9.17, 15) is 9.59 Å². The zero-order valence-electron chi connectivity index (χ0n) is 7.70. The number of carbonyl (C=O) groups excluding carboxylic acids is 2. The molecule has 76 valence electrons. The van der Waals surface area contributed by atoms with E-state index in [-0.39, 0.29) is 11.9 Å². The minimum absolute atomic E-state index is 0.251. The maximum Gasteiger partial charge on any atom is 0.325 e. The van der Waals surface area contributed by atoms with Gasteiger partial charge in [0, 0.05) is 4.47 Å². The molecule has 1 saturated carbocycles. The van der Waals surface area contributed by atoms with Gasteiger partial charge in [0.15, 0.2) is 0 Å². The summed E-state index contributed by atoms with van der Waals surface area (Å²) in [5.74, 6) is -1.02. The minimum atomic E-state index is -0.666. The van der Waals surface area contributed by atoms with Crippen molar-refractivity contribution in [2.45, 2.75) is 11.8 Å². The van der Waals surface area contributed by atoms with Crippen LogP contribution in [0.2, 0.25) is 0 Å². The summed E-state index contributed by atoms with van der Waals surface area (Å²) in [6.07, 6.45) is 0.598. The largest absolute Gasteiger partial charge is 0.392 e. The summed E-state index contributed by atoms with van der Waals surface area (Å²) in [6, 6.07) is 7.49. The molecule has 1 aromatic carbocycles. The van der Waals surface area contributed by atoms with Crippen LogP contribution in [0.4, 0.5) is 0 Å². The highest BCUT2D eigenvalue weighted by Crippen LogP contribution is 2.59. The number of ether oxygens (including phenoxy) is 1. The van der Waals surface area contributed by atoms with E-state index in [1.807, 2.05) is 24.3 Å². The summed E-state index contributed by atoms with van der Waals surface area (Å²) in [4.78, 5) is 22.8. The van der Waals surface area contributed by atoms with Gasteiger partial charge in [0.2, 0.25) is 0 Å². The third-order valence-electron chi connectivity index (χ3n) is 3.14. The predicted molar refractivity (Wildman–Crippen MR) is 55.0 cm³/mol. The van der Waals surface area contributed by atoms with Crippen LogP contribution in [0.15, 0.2) is 28.7 Å². The molecule has 0 amide bonds. The average molecular weight is 267 g/mol. The monoisotopic (exact) mass is 266 g/mol. The Morgan fingerprint density at radius 2 is 2.20 bits per heavy atom. The van der Waals surface area contributed by atoms with Crippen molar-refractivity contribution in [2.75, 3.05) is 0 Å². The molecule has 3 rings (SSSR count). The van der Waals surface area contributed by atoms with E-state index >= 15 is 0 Å². The molecule has 1 heterocycles. The molecule has 0 aromatic heterocycles. The second-order valence-corrected chi connectivity index (χ2v) is 4.86. The quantitative estimate of drug-likeness (QED) is 0.575. The molecule has 4 heteroatoms. The van der Waals surface area contributed by atoms with Crippen molar-refractivity contribution in [3.8, 4) is 0 Å². The fourth-order valence-electron chi connectivity index (χ4n) is 2.23. The van der Waals surface area contributed by atoms with Crippen molar-refractivity contribution in [2.24, 2.45) is 5.92 Å². The summed E-state index contributed by atoms with van der Waals surface area (Å²) in [7, 11) is 0. The van der Waals surface area contributed by atoms with Gasteiger partial charge < -0.3 is 4.74 Å². The second-order valence-electron chi connectivity index (χ2n) is 3.95. The van der Waals surface area contributed by atoms with Gasteiger partial charge in [0.1, 0.15) is 5.41 Å². The van der Waals surface area contributed by atoms with Crippen LogP contribution in [0, 0.1) is 5.92 Å². The van der Waals surface area contributed by atoms with Gasteiger partial charge in [-0.3, -0.25) is 9.59 Å². The first-order valence-electron chi connectivity index (χ1n) is 4.67. The van der Waals surface area contributed by atoms with E-state index in [0.29, 0.717) is 6.42 Å². The van der Waals surface area contributed by atoms with E-state index in [0.717, 1.165) is 10.0 Å². The molecule has 15 heavy (non-hydrogen) atoms. The van der Waals surface area contributed by atoms with Gasteiger partial charge >= 0.3 is 11.9 Å². The third-order valence-corrected chi connectivity index (χ3v) is 3.64. The van der Waals surface area contributed by atoms with Gasteiger partial charge in [-0.25, -0.2) is 0 Å². The fraction of sp³-hybridized carbons (Fsp3) is 0.273. The van der Waals surface area contributed by atoms with Gasteiger partial charge in [-0.2, -0.15) is 0 Å². The number of hydrogen-bond donors (Lipinski definition) is 0. The van der Waals surface area contributed by atoms with Gasteiger partial charge in [0.25, 0.3) is 0 Å². The summed E-state index contributed by atoms with van der Waals surface area (Å²) < 4.78 is 5.54. The minimum Gasteiger partial charge on any atom is -0.392 e. The molecule has 1 aliphatic carbocycles. The Kier molecular flexibility index (Phi) is 1.63. The predicted octanol–water partition coefficient (Wildman–Crippen LogP) is 1.79. The van der Waals surface area contributed by atoms with E-state index in [2.05, 4.69) is 20.7 Å². The highest BCUT2D eigenvalue weighted by molar-refractivity contribution is 9.10. The van der Waals surface area contributed by atoms with Gasteiger partial charge in [-0.1, -0.05) is 28.1 Å². The van der Waals surface area contributed by atoms with Crippen molar-refractivity contribution in [1.29, 1.82) is 0 Å². The molecule has 0 spiro atoms. The number of carbonyl (C=O) groups is 2. The lowest BCUT2D eigenvalue weighted by molar-refractivity contribution is -0.155. The Morgan fingerprint density at radius 1 is 1.40 bits per heavy atom. The first-order valence-corrected chi connectivity index (χ1v) is 5.46. The van der Waals surface area contributed by atoms with Crippen molar-refractivity contribution in [1.82, 2.24) is 0 Å². The van der Waals surface area contributed by atoms with Crippen LogP contribution < -0.4 is 0 Å². The smallest absolute Gasteiger partial charge is 0.325 e. The number of fused-ring (bicyclic) bond motifs is 1. The molecular weight excluding hydrogens is 260 g/mol. The molecule has 2 fully saturated rings. The zero-order valence-corrected chi connectivity index (χ0v) is 9.28. The average Bonchev–Trinajstić information content (AvgIpc) is 2.88. The number of halogens is 1. The molecule has 1 saturated heterocycles. The second kappa shape index (κ2) is 2.70. The summed E-state index contributed by atoms with van der Waals surface area (Å²) in [5, 5.41) is 0. The number of benzene rings is 1. The lowest BCUT2D eigenvalue weighted by atomic mass is 9.95. The lowest BCUT2D eigenvalue weighted by Crippen LogP contribution is -2.18. The van der Waals surface area contributed by atoms with E-state index in [1.54, 1.807) is 0 Å². The number of esters is 2. The molecule has 2 aliphatic rings. The molecule has 3 nitrogen and oxygen atoms in total. The van der Waals surface area contributed by atoms with E-state index in [1.165, 1.54) is 0 Å². The Balaban J connectivity index is 2.09. The first kappa shape index (κ1) is 9.09. The third kappa shape index (κ3) is 1.05. The maximum absolute atomic E-state index is 11.6. The highest BCUT2D eigenvalue weighted by atomic mass is 79.9. The highest BCUT2D eigenvalue weighted by Gasteiger charge is 2.71. The Bertz CT molecular complexity index is 482. The topological polar surface area (TPSA) is 43.4 Å². The van der Waals surface area contributed by atoms with Crippen LogP contribution in [0.1, 0.15) is 12.0 Å². The fourth-order valence-corrected chi connectivity index (χ4v) is 2.63. The van der Waals surface area contributed by atoms with Gasteiger partial charge in [-0.15, -0.1) is 0 Å². The summed E-state index contributed by atoms with van der Waals surface area (Å²) in [6.45, 7) is 0. The molecule has 1 aromatic rings. The van der Waals surface area contributed by atoms with Crippen LogP contribution in [-0.4, -0.2) is 11.9 Å². The van der Waals surface area contributed by atoms with Crippen LogP contribution in [0.25, 0.3) is 0 Å². The van der Waals surface area contributed by atoms with E-state index < -0.39 is 11.4 Å². The number of cyclic esters (lactones) is 2. The Labute approximate surface area is 94.5 Å². The number of rotatable bonds is 1. The van der Waals surface area contributed by atoms with Crippen molar-refractivity contribution in [3.63, 3.8) is 0 Å². The SMILES string of the molecule is O=C1OC(=O)C2(c3cccc(Br)c3)CC12. The maximum atomic E-state index is 11.6. The van der Waals surface area contributed by atoms with Crippen LogP contribution in [0.5, 0.6) is 0 Å². The molecular formula is C11H7BrO3. The number of hydrogen-bond acceptors (Lipinski definition) is 3. The van der Waals surface area contributed by atoms with Crippen LogP contribution in [0.3, 0.4) is 0 Å². The van der Waals surface area contributed by atoms with Crippen LogP contribution in [-0.2, 0) is 19.7 Å². The molecule has 0 N–H and O–H groups in total. The molecule has 1 aliphatic heterocycles. The van der Waals surface area contributed by atoms with Gasteiger partial charge in [-0.05, 0) is 24.1 Å². The summed E-state index contributed by atoms with van der Waals surface area (Å²) >= 11 is 3.35.